The van der Waals surface area contributed by atoms with E-state index in [2.05, 4.69) is 19.9 Å². The predicted octanol–water partition coefficient (Wildman–Crippen LogP) is 6.42. The third-order valence-corrected chi connectivity index (χ3v) is 13.4. The smallest absolute Gasteiger partial charge is 0.328 e. The van der Waals surface area contributed by atoms with E-state index in [1.165, 1.54) is 53.3 Å². The molecule has 1 spiro atoms. The van der Waals surface area contributed by atoms with Crippen LogP contribution in [0.4, 0.5) is 20.6 Å². The van der Waals surface area contributed by atoms with Gasteiger partial charge in [-0.1, -0.05) is 13.0 Å². The monoisotopic (exact) mass is 926 g/mol. The number of carbonyl (C=O) groups is 3. The van der Waals surface area contributed by atoms with Crippen molar-refractivity contribution in [3.63, 3.8) is 0 Å². The molecule has 0 saturated carbocycles. The molecule has 0 bridgehead atoms. The maximum atomic E-state index is 14.4. The summed E-state index contributed by atoms with van der Waals surface area (Å²) in [5.41, 5.74) is 2.62. The van der Waals surface area contributed by atoms with Gasteiger partial charge in [0.15, 0.2) is 11.6 Å². The number of rotatable bonds is 12. The number of likely N-dealkylation sites (tertiary alicyclic amines) is 2. The molecule has 5 heterocycles. The van der Waals surface area contributed by atoms with Gasteiger partial charge in [0.1, 0.15) is 23.1 Å². The number of fused-ring (bicyclic) bond motifs is 1. The van der Waals surface area contributed by atoms with Gasteiger partial charge in [0, 0.05) is 84.8 Å². The predicted molar refractivity (Wildman–Crippen MR) is 252 cm³/mol. The molecule has 65 heavy (non-hydrogen) atoms. The van der Waals surface area contributed by atoms with Gasteiger partial charge >= 0.3 is 6.03 Å². The second-order valence-electron chi connectivity index (χ2n) is 16.3. The molecule has 1 aromatic heterocycles. The number of nitrogens with one attached hydrogen (secondary N) is 2. The molecule has 343 valence electrons. The number of aryl methyl sites for hydroxylation is 1. The molecule has 0 unspecified atom stereocenters. The maximum absolute atomic E-state index is 14.4. The Morgan fingerprint density at radius 2 is 1.85 bits per heavy atom. The number of nitrogens with zero attached hydrogens (tertiary/aromatic N) is 7. The van der Waals surface area contributed by atoms with Crippen LogP contribution in [0.1, 0.15) is 68.9 Å². The van der Waals surface area contributed by atoms with Crippen LogP contribution >= 0.6 is 24.2 Å². The van der Waals surface area contributed by atoms with Gasteiger partial charge in [-0.05, 0) is 107 Å². The van der Waals surface area contributed by atoms with E-state index in [0.717, 1.165) is 94.9 Å². The van der Waals surface area contributed by atoms with Crippen molar-refractivity contribution < 1.29 is 32.4 Å². The molecule has 3 radical (unpaired) electrons. The third-order valence-electron chi connectivity index (χ3n) is 12.2. The van der Waals surface area contributed by atoms with Crippen molar-refractivity contribution in [2.45, 2.75) is 63.4 Å². The summed E-state index contributed by atoms with van der Waals surface area (Å²) in [4.78, 5) is 59.0. The van der Waals surface area contributed by atoms with Crippen molar-refractivity contribution in [2.75, 3.05) is 75.3 Å². The number of urea groups is 1. The number of hydrogen-bond donors (Lipinski definition) is 2. The summed E-state index contributed by atoms with van der Waals surface area (Å²) in [5.74, 6) is 0.446. The van der Waals surface area contributed by atoms with E-state index in [0.29, 0.717) is 35.6 Å². The quantitative estimate of drug-likeness (QED) is 0.0905. The molecular weight excluding hydrogens is 872 g/mol. The number of aromatic nitrogens is 2. The van der Waals surface area contributed by atoms with Crippen molar-refractivity contribution in [1.29, 1.82) is 5.26 Å². The highest BCUT2D eigenvalue weighted by molar-refractivity contribution is 7.98. The van der Waals surface area contributed by atoms with E-state index < -0.39 is 11.8 Å². The van der Waals surface area contributed by atoms with E-state index in [1.54, 1.807) is 24.1 Å². The molecule has 8 rings (SSSR count). The largest absolute Gasteiger partial charge is 0.453 e. The number of imide groups is 1. The average Bonchev–Trinajstić information content (AvgIpc) is 3.76. The number of benzene rings is 3. The highest BCUT2D eigenvalue weighted by Crippen LogP contribution is 2.39. The first kappa shape index (κ1) is 49.1. The van der Waals surface area contributed by atoms with Crippen LogP contribution in [0.3, 0.4) is 0 Å². The normalized spacial score (nSPS) is 17.6. The van der Waals surface area contributed by atoms with Gasteiger partial charge in [0.25, 0.3) is 5.56 Å². The van der Waals surface area contributed by atoms with Crippen molar-refractivity contribution in [1.82, 2.24) is 29.0 Å². The first-order chi connectivity index (χ1) is 30.9. The zero-order chi connectivity index (χ0) is 45.4. The summed E-state index contributed by atoms with van der Waals surface area (Å²) in [7, 11) is 3.48. The lowest BCUT2D eigenvalue weighted by Crippen LogP contribution is -2.50. The van der Waals surface area contributed by atoms with Crippen LogP contribution in [0.15, 0.2) is 59.7 Å². The lowest BCUT2D eigenvalue weighted by atomic mass is 9.88. The van der Waals surface area contributed by atoms with Crippen LogP contribution < -0.4 is 29.4 Å². The number of amides is 4. The number of halogens is 1. The summed E-state index contributed by atoms with van der Waals surface area (Å²) in [6, 6.07) is 14.9. The maximum Gasteiger partial charge on any atom is 0.328 e. The van der Waals surface area contributed by atoms with Gasteiger partial charge in [0.2, 0.25) is 11.8 Å². The minimum absolute atomic E-state index is 0. The van der Waals surface area contributed by atoms with Crippen molar-refractivity contribution in [3.8, 4) is 23.3 Å². The van der Waals surface area contributed by atoms with E-state index in [9.17, 15) is 28.8 Å². The lowest BCUT2D eigenvalue weighted by molar-refractivity contribution is -0.137. The Morgan fingerprint density at radius 3 is 2.52 bits per heavy atom. The Balaban J connectivity index is 0.000000219. The van der Waals surface area contributed by atoms with Crippen LogP contribution in [-0.4, -0.2) is 121 Å². The van der Waals surface area contributed by atoms with Gasteiger partial charge in [0.05, 0.1) is 47.1 Å². The van der Waals surface area contributed by atoms with E-state index >= 15 is 0 Å². The molecule has 20 heteroatoms. The zero-order valence-corrected chi connectivity index (χ0v) is 38.8. The zero-order valence-electron chi connectivity index (χ0n) is 37.1. The number of piperidine rings is 2. The highest BCUT2D eigenvalue weighted by Gasteiger charge is 2.39. The minimum atomic E-state index is -0.671. The topological polar surface area (TPSA) is 175 Å². The van der Waals surface area contributed by atoms with Crippen LogP contribution in [0.5, 0.6) is 17.2 Å². The van der Waals surface area contributed by atoms with Crippen molar-refractivity contribution in [3.05, 3.63) is 82.2 Å². The molecule has 4 aliphatic heterocycles. The van der Waals surface area contributed by atoms with Crippen LogP contribution in [0.2, 0.25) is 0 Å². The summed E-state index contributed by atoms with van der Waals surface area (Å²) in [5, 5.41) is 12.3. The number of hydrogen-bond acceptors (Lipinski definition) is 14. The molecule has 4 aliphatic rings. The molecule has 0 atom stereocenters. The summed E-state index contributed by atoms with van der Waals surface area (Å²) >= 11 is 2.57. The molecule has 4 saturated heterocycles. The summed E-state index contributed by atoms with van der Waals surface area (Å²) in [6.07, 6.45) is 9.70. The molecule has 2 N–H and O–H groups in total. The fourth-order valence-electron chi connectivity index (χ4n) is 8.42. The molecule has 16 nitrogen and oxygen atoms in total. The number of ether oxygens (including phenoxy) is 2. The van der Waals surface area contributed by atoms with Crippen LogP contribution in [0, 0.1) is 17.1 Å². The van der Waals surface area contributed by atoms with E-state index in [-0.39, 0.29) is 54.9 Å². The molecule has 4 aromatic rings. The number of carbonyl (C=O) groups excluding carboxylic acids is 3. The SMILES string of the molecule is CCN(C)SNc1ccc(F)c(Oc2ccc3ncn(C)c(=O)c3c2)c1C#N.CSOc1cc(N2CCC(=O)NC2=O)ccc1C1CCN(CC(=O)N2CCC3(CCCO3)CC2)CC1.[B]. The second-order valence-corrected chi connectivity index (χ2v) is 17.8. The van der Waals surface area contributed by atoms with E-state index in [4.69, 9.17) is 13.7 Å². The van der Waals surface area contributed by atoms with Crippen molar-refractivity contribution >= 4 is 72.7 Å². The van der Waals surface area contributed by atoms with Crippen molar-refractivity contribution in [2.24, 2.45) is 7.05 Å². The third kappa shape index (κ3) is 11.7. The molecule has 0 aliphatic carbocycles. The lowest BCUT2D eigenvalue weighted by Gasteiger charge is -2.40. The Hall–Kier alpha value is -5.33. The molecule has 4 fully saturated rings. The fraction of sp³-hybridized carbons (Fsp3) is 0.467. The van der Waals surface area contributed by atoms with Gasteiger partial charge in [-0.25, -0.2) is 18.5 Å². The average molecular weight is 927 g/mol. The first-order valence-electron chi connectivity index (χ1n) is 21.5. The van der Waals surface area contributed by atoms with Crippen LogP contribution in [-0.2, 0) is 21.4 Å². The van der Waals surface area contributed by atoms with Crippen LogP contribution in [0.25, 0.3) is 10.9 Å². The molecular formula is C45H54BFN9O7S2. The fourth-order valence-corrected chi connectivity index (χ4v) is 9.30. The Labute approximate surface area is 389 Å². The van der Waals surface area contributed by atoms with Gasteiger partial charge < -0.3 is 27.8 Å². The molecule has 4 amide bonds. The van der Waals surface area contributed by atoms with E-state index in [1.807, 2.05) is 53.7 Å². The summed E-state index contributed by atoms with van der Waals surface area (Å²) < 4.78 is 38.3. The molecule has 3 aromatic carbocycles. The Kier molecular flexibility index (Phi) is 16.8. The highest BCUT2D eigenvalue weighted by atomic mass is 32.2. The number of anilines is 2. The van der Waals surface area contributed by atoms with Gasteiger partial charge in [-0.3, -0.25) is 29.5 Å². The second kappa shape index (κ2) is 22.2. The number of nitriles is 1. The van der Waals surface area contributed by atoms with Gasteiger partial charge in [-0.15, -0.1) is 0 Å². The Bertz CT molecular complexity index is 2450. The summed E-state index contributed by atoms with van der Waals surface area (Å²) in [6.45, 7) is 7.83. The Morgan fingerprint density at radius 1 is 1.08 bits per heavy atom. The standard InChI is InChI=1S/C26H36N4O5S.C19H18FN5O2S.B/c1-36-35-22-17-20(30-13-7-23(31)27-25(30)33)3-4-21(22)19-5-11-28(12-6-19)18-24(32)29-14-9-26(10-15-29)8-2-16-34-26;1-4-25(3)28-23-17-8-6-15(20)18(14(17)10-21)27-12-5-7-16-13(9-12)19(26)24(2)11-22-16;/h3-4,17,19H,2,5-16,18H2,1H3,(H,27,31,33);5-9,11,23H,4H2,1-3H3;. The first-order valence-corrected chi connectivity index (χ1v) is 23.4. The minimum Gasteiger partial charge on any atom is -0.453 e. The van der Waals surface area contributed by atoms with Gasteiger partial charge in [-0.2, -0.15) is 5.26 Å².